The van der Waals surface area contributed by atoms with E-state index in [1.165, 1.54) is 12.1 Å². The summed E-state index contributed by atoms with van der Waals surface area (Å²) in [5.74, 6) is 0. The number of aryl methyl sites for hydroxylation is 2. The summed E-state index contributed by atoms with van der Waals surface area (Å²) in [7, 11) is 0. The molecule has 4 rings (SSSR count). The Bertz CT molecular complexity index is 1300. The van der Waals surface area contributed by atoms with Gasteiger partial charge < -0.3 is 0 Å². The van der Waals surface area contributed by atoms with Crippen LogP contribution >= 0.6 is 0 Å². The first-order chi connectivity index (χ1) is 15.0. The molecule has 5 nitrogen and oxygen atoms in total. The van der Waals surface area contributed by atoms with Crippen LogP contribution in [0.2, 0.25) is 0 Å². The zero-order valence-corrected chi connectivity index (χ0v) is 17.2. The summed E-state index contributed by atoms with van der Waals surface area (Å²) in [5, 5.41) is 21.1. The van der Waals surface area contributed by atoms with E-state index in [1.807, 2.05) is 68.4 Å². The minimum absolute atomic E-state index is 0.00818. The lowest BCUT2D eigenvalue weighted by Gasteiger charge is -2.13. The average molecular weight is 405 g/mol. The van der Waals surface area contributed by atoms with E-state index in [0.29, 0.717) is 16.8 Å². The van der Waals surface area contributed by atoms with Gasteiger partial charge in [0.2, 0.25) is 0 Å². The molecule has 0 atom stereocenters. The molecule has 3 aromatic carbocycles. The first kappa shape index (κ1) is 20.0. The van der Waals surface area contributed by atoms with Crippen LogP contribution in [0.25, 0.3) is 33.6 Å². The zero-order valence-electron chi connectivity index (χ0n) is 17.2. The van der Waals surface area contributed by atoms with Gasteiger partial charge in [-0.05, 0) is 37.6 Å². The van der Waals surface area contributed by atoms with Crippen molar-refractivity contribution in [2.75, 3.05) is 0 Å². The Labute approximate surface area is 180 Å². The number of hydrogen-bond acceptors (Lipinski definition) is 4. The molecule has 0 saturated heterocycles. The normalized spacial score (nSPS) is 10.5. The number of pyridine rings is 1. The van der Waals surface area contributed by atoms with Crippen molar-refractivity contribution in [3.63, 3.8) is 0 Å². The van der Waals surface area contributed by atoms with Crippen LogP contribution in [0.1, 0.15) is 16.7 Å². The van der Waals surface area contributed by atoms with E-state index in [-0.39, 0.29) is 5.69 Å². The van der Waals surface area contributed by atoms with Gasteiger partial charge in [0.25, 0.3) is 5.69 Å². The summed E-state index contributed by atoms with van der Waals surface area (Å²) in [6, 6.07) is 26.4. The molecular formula is C26H19N3O2. The minimum Gasteiger partial charge on any atom is -0.258 e. The zero-order chi connectivity index (χ0) is 22.0. The SMILES string of the molecule is Cc1ccc(-c2cc(-c3ccc([N+](=O)[O-])cc3)c(C#N)c(-c3ccc(C)cc3)n2)cc1. The highest BCUT2D eigenvalue weighted by Gasteiger charge is 2.17. The predicted molar refractivity (Wildman–Crippen MR) is 121 cm³/mol. The standard InChI is InChI=1S/C26H19N3O2/c1-17-3-7-20(8-4-17)25-15-23(19-11-13-22(14-12-19)29(30)31)24(16-27)26(28-25)21-9-5-18(2)6-10-21/h3-15H,1-2H3. The number of non-ortho nitro benzene ring substituents is 1. The number of benzene rings is 3. The molecule has 0 unspecified atom stereocenters. The highest BCUT2D eigenvalue weighted by Crippen LogP contribution is 2.35. The van der Waals surface area contributed by atoms with Gasteiger partial charge in [-0.15, -0.1) is 0 Å². The van der Waals surface area contributed by atoms with Gasteiger partial charge in [-0.2, -0.15) is 5.26 Å². The first-order valence-corrected chi connectivity index (χ1v) is 9.80. The van der Waals surface area contributed by atoms with Crippen molar-refractivity contribution < 1.29 is 4.92 Å². The van der Waals surface area contributed by atoms with Crippen molar-refractivity contribution in [3.05, 3.63) is 106 Å². The third-order valence-corrected chi connectivity index (χ3v) is 5.19. The molecule has 31 heavy (non-hydrogen) atoms. The largest absolute Gasteiger partial charge is 0.269 e. The predicted octanol–water partition coefficient (Wildman–Crippen LogP) is 6.48. The lowest BCUT2D eigenvalue weighted by Crippen LogP contribution is -1.97. The van der Waals surface area contributed by atoms with Crippen molar-refractivity contribution in [1.82, 2.24) is 4.98 Å². The van der Waals surface area contributed by atoms with E-state index in [2.05, 4.69) is 6.07 Å². The van der Waals surface area contributed by atoms with Gasteiger partial charge in [0.1, 0.15) is 6.07 Å². The summed E-state index contributed by atoms with van der Waals surface area (Å²) in [5.41, 5.74) is 7.24. The van der Waals surface area contributed by atoms with E-state index in [9.17, 15) is 15.4 Å². The molecule has 0 aliphatic heterocycles. The fourth-order valence-electron chi connectivity index (χ4n) is 3.44. The molecule has 0 radical (unpaired) electrons. The summed E-state index contributed by atoms with van der Waals surface area (Å²) >= 11 is 0. The number of nitriles is 1. The minimum atomic E-state index is -0.434. The number of nitro benzene ring substituents is 1. The van der Waals surface area contributed by atoms with E-state index in [4.69, 9.17) is 4.98 Å². The lowest BCUT2D eigenvalue weighted by molar-refractivity contribution is -0.384. The molecular weight excluding hydrogens is 386 g/mol. The van der Waals surface area contributed by atoms with Gasteiger partial charge in [0, 0.05) is 28.8 Å². The number of nitro groups is 1. The Hall–Kier alpha value is -4.30. The van der Waals surface area contributed by atoms with E-state index in [0.717, 1.165) is 33.5 Å². The number of hydrogen-bond donors (Lipinski definition) is 0. The molecule has 4 aromatic rings. The molecule has 0 aliphatic rings. The maximum absolute atomic E-state index is 11.0. The van der Waals surface area contributed by atoms with Crippen molar-refractivity contribution in [3.8, 4) is 39.7 Å². The third kappa shape index (κ3) is 4.05. The van der Waals surface area contributed by atoms with Gasteiger partial charge in [0.05, 0.1) is 21.9 Å². The molecule has 0 N–H and O–H groups in total. The second-order valence-corrected chi connectivity index (χ2v) is 7.43. The van der Waals surface area contributed by atoms with Gasteiger partial charge in [0.15, 0.2) is 0 Å². The van der Waals surface area contributed by atoms with Crippen LogP contribution in [0.5, 0.6) is 0 Å². The topological polar surface area (TPSA) is 79.8 Å². The fourth-order valence-corrected chi connectivity index (χ4v) is 3.44. The molecule has 0 spiro atoms. The van der Waals surface area contributed by atoms with E-state index < -0.39 is 4.92 Å². The first-order valence-electron chi connectivity index (χ1n) is 9.80. The van der Waals surface area contributed by atoms with Gasteiger partial charge in [-0.3, -0.25) is 10.1 Å². The van der Waals surface area contributed by atoms with Crippen LogP contribution in [0.3, 0.4) is 0 Å². The van der Waals surface area contributed by atoms with Crippen molar-refractivity contribution >= 4 is 5.69 Å². The molecule has 1 aromatic heterocycles. The van der Waals surface area contributed by atoms with Gasteiger partial charge in [-0.25, -0.2) is 4.98 Å². The molecule has 0 saturated carbocycles. The van der Waals surface area contributed by atoms with Crippen LogP contribution in [0.4, 0.5) is 5.69 Å². The van der Waals surface area contributed by atoms with Gasteiger partial charge >= 0.3 is 0 Å². The molecule has 0 bridgehead atoms. The molecule has 0 aliphatic carbocycles. The molecule has 150 valence electrons. The average Bonchev–Trinajstić information content (AvgIpc) is 2.79. The summed E-state index contributed by atoms with van der Waals surface area (Å²) in [4.78, 5) is 15.5. The maximum atomic E-state index is 11.0. The molecule has 0 amide bonds. The second-order valence-electron chi connectivity index (χ2n) is 7.43. The third-order valence-electron chi connectivity index (χ3n) is 5.19. The Balaban J connectivity index is 1.98. The van der Waals surface area contributed by atoms with Crippen LogP contribution in [-0.2, 0) is 0 Å². The summed E-state index contributed by atoms with van der Waals surface area (Å²) < 4.78 is 0. The molecule has 0 fully saturated rings. The van der Waals surface area contributed by atoms with Crippen LogP contribution in [0.15, 0.2) is 78.9 Å². The van der Waals surface area contributed by atoms with Crippen LogP contribution in [-0.4, -0.2) is 9.91 Å². The monoisotopic (exact) mass is 405 g/mol. The fraction of sp³-hybridized carbons (Fsp3) is 0.0769. The highest BCUT2D eigenvalue weighted by molar-refractivity contribution is 5.84. The smallest absolute Gasteiger partial charge is 0.258 e. The Morgan fingerprint density at radius 1 is 0.806 bits per heavy atom. The van der Waals surface area contributed by atoms with E-state index in [1.54, 1.807) is 12.1 Å². The summed E-state index contributed by atoms with van der Waals surface area (Å²) in [6.45, 7) is 4.03. The Morgan fingerprint density at radius 3 is 1.84 bits per heavy atom. The van der Waals surface area contributed by atoms with Gasteiger partial charge in [-0.1, -0.05) is 59.7 Å². The maximum Gasteiger partial charge on any atom is 0.269 e. The van der Waals surface area contributed by atoms with E-state index >= 15 is 0 Å². The van der Waals surface area contributed by atoms with Crippen molar-refractivity contribution in [1.29, 1.82) is 5.26 Å². The van der Waals surface area contributed by atoms with Crippen molar-refractivity contribution in [2.45, 2.75) is 13.8 Å². The van der Waals surface area contributed by atoms with Crippen molar-refractivity contribution in [2.24, 2.45) is 0 Å². The molecule has 1 heterocycles. The Kier molecular flexibility index (Phi) is 5.30. The van der Waals surface area contributed by atoms with Crippen LogP contribution < -0.4 is 0 Å². The number of aromatic nitrogens is 1. The number of rotatable bonds is 4. The van der Waals surface area contributed by atoms with Crippen LogP contribution in [0, 0.1) is 35.3 Å². The quantitative estimate of drug-likeness (QED) is 0.287. The second kappa shape index (κ2) is 8.21. The summed E-state index contributed by atoms with van der Waals surface area (Å²) in [6.07, 6.45) is 0. The lowest BCUT2D eigenvalue weighted by atomic mass is 9.94. The highest BCUT2D eigenvalue weighted by atomic mass is 16.6. The number of nitrogens with zero attached hydrogens (tertiary/aromatic N) is 3. The molecule has 5 heteroatoms. The Morgan fingerprint density at radius 2 is 1.32 bits per heavy atom.